The van der Waals surface area contributed by atoms with Crippen molar-refractivity contribution < 1.29 is 9.90 Å². The highest BCUT2D eigenvalue weighted by Crippen LogP contribution is 2.10. The van der Waals surface area contributed by atoms with Gasteiger partial charge in [0.25, 0.3) is 0 Å². The zero-order valence-electron chi connectivity index (χ0n) is 10.8. The summed E-state index contributed by atoms with van der Waals surface area (Å²) in [6, 6.07) is 7.46. The quantitative estimate of drug-likeness (QED) is 0.833. The van der Waals surface area contributed by atoms with Crippen molar-refractivity contribution in [1.82, 2.24) is 5.32 Å². The third kappa shape index (κ3) is 5.52. The highest BCUT2D eigenvalue weighted by molar-refractivity contribution is 6.30. The van der Waals surface area contributed by atoms with Crippen molar-refractivity contribution in [1.29, 1.82) is 0 Å². The number of aliphatic hydroxyl groups is 1. The topological polar surface area (TPSA) is 49.3 Å². The number of amides is 1. The molecular formula is C14H20ClNO2. The lowest BCUT2D eigenvalue weighted by atomic mass is 10.1. The van der Waals surface area contributed by atoms with Gasteiger partial charge in [0.2, 0.25) is 5.91 Å². The van der Waals surface area contributed by atoms with Gasteiger partial charge >= 0.3 is 0 Å². The highest BCUT2D eigenvalue weighted by Gasteiger charge is 2.10. The Balaban J connectivity index is 2.27. The monoisotopic (exact) mass is 269 g/mol. The van der Waals surface area contributed by atoms with Gasteiger partial charge in [0.1, 0.15) is 0 Å². The molecule has 1 rings (SSSR count). The van der Waals surface area contributed by atoms with Gasteiger partial charge in [-0.05, 0) is 30.0 Å². The summed E-state index contributed by atoms with van der Waals surface area (Å²) in [5, 5.41) is 13.0. The maximum absolute atomic E-state index is 11.6. The van der Waals surface area contributed by atoms with Crippen LogP contribution in [0.15, 0.2) is 24.3 Å². The zero-order chi connectivity index (χ0) is 13.5. The molecule has 18 heavy (non-hydrogen) atoms. The van der Waals surface area contributed by atoms with Crippen molar-refractivity contribution in [3.05, 3.63) is 34.9 Å². The van der Waals surface area contributed by atoms with Gasteiger partial charge in [-0.1, -0.05) is 37.6 Å². The number of aliphatic hydroxyl groups excluding tert-OH is 1. The van der Waals surface area contributed by atoms with Crippen LogP contribution in [0.3, 0.4) is 0 Å². The molecule has 0 aliphatic carbocycles. The highest BCUT2D eigenvalue weighted by atomic mass is 35.5. The van der Waals surface area contributed by atoms with Crippen LogP contribution >= 0.6 is 11.6 Å². The lowest BCUT2D eigenvalue weighted by Gasteiger charge is -2.14. The molecule has 0 aromatic heterocycles. The molecule has 1 atom stereocenters. The van der Waals surface area contributed by atoms with Crippen molar-refractivity contribution >= 4 is 17.5 Å². The fourth-order valence-corrected chi connectivity index (χ4v) is 1.58. The molecule has 100 valence electrons. The summed E-state index contributed by atoms with van der Waals surface area (Å²) in [5.41, 5.74) is 1.08. The molecule has 0 spiro atoms. The molecule has 0 bridgehead atoms. The largest absolute Gasteiger partial charge is 0.391 e. The van der Waals surface area contributed by atoms with E-state index in [2.05, 4.69) is 5.32 Å². The first-order valence-corrected chi connectivity index (χ1v) is 6.56. The number of halogens is 1. The van der Waals surface area contributed by atoms with E-state index in [-0.39, 0.29) is 11.8 Å². The molecule has 0 saturated carbocycles. The lowest BCUT2D eigenvalue weighted by Crippen LogP contribution is -2.34. The Morgan fingerprint density at radius 2 is 1.94 bits per heavy atom. The number of benzene rings is 1. The van der Waals surface area contributed by atoms with Crippen molar-refractivity contribution in [2.75, 3.05) is 6.54 Å². The fourth-order valence-electron chi connectivity index (χ4n) is 1.45. The summed E-state index contributed by atoms with van der Waals surface area (Å²) in [6.07, 6.45) is 0.622. The number of rotatable bonds is 6. The fraction of sp³-hybridized carbons (Fsp3) is 0.500. The van der Waals surface area contributed by atoms with Crippen LogP contribution in [0, 0.1) is 5.92 Å². The molecule has 1 aromatic carbocycles. The van der Waals surface area contributed by atoms with Gasteiger partial charge in [-0.25, -0.2) is 0 Å². The Labute approximate surface area is 113 Å². The molecule has 1 amide bonds. The first-order chi connectivity index (χ1) is 8.49. The molecule has 0 saturated heterocycles. The summed E-state index contributed by atoms with van der Waals surface area (Å²) < 4.78 is 0. The number of aryl methyl sites for hydroxylation is 1. The molecule has 0 aliphatic rings. The second-order valence-electron chi connectivity index (χ2n) is 4.74. The molecule has 2 N–H and O–H groups in total. The SMILES string of the molecule is CC(C)[C@@H](O)CNC(=O)CCc1ccc(Cl)cc1. The minimum absolute atomic E-state index is 0.0374. The smallest absolute Gasteiger partial charge is 0.220 e. The van der Waals surface area contributed by atoms with Crippen LogP contribution in [0.1, 0.15) is 25.8 Å². The number of carbonyl (C=O) groups excluding carboxylic acids is 1. The Hall–Kier alpha value is -1.06. The molecular weight excluding hydrogens is 250 g/mol. The Kier molecular flexibility index (Phi) is 6.16. The van der Waals surface area contributed by atoms with E-state index in [1.165, 1.54) is 0 Å². The Morgan fingerprint density at radius 3 is 2.50 bits per heavy atom. The maximum Gasteiger partial charge on any atom is 0.220 e. The van der Waals surface area contributed by atoms with Crippen LogP contribution in [0.5, 0.6) is 0 Å². The van der Waals surface area contributed by atoms with E-state index in [0.29, 0.717) is 24.4 Å². The summed E-state index contributed by atoms with van der Waals surface area (Å²) in [7, 11) is 0. The number of hydrogen-bond donors (Lipinski definition) is 2. The third-order valence-corrected chi connectivity index (χ3v) is 3.08. The van der Waals surface area contributed by atoms with E-state index in [9.17, 15) is 9.90 Å². The first kappa shape index (κ1) is 15.0. The standard InChI is InChI=1S/C14H20ClNO2/c1-10(2)13(17)9-16-14(18)8-5-11-3-6-12(15)7-4-11/h3-4,6-7,10,13,17H,5,8-9H2,1-2H3,(H,16,18)/t13-/m0/s1. The van der Waals surface area contributed by atoms with Crippen molar-refractivity contribution in [3.63, 3.8) is 0 Å². The van der Waals surface area contributed by atoms with E-state index in [1.54, 1.807) is 0 Å². The summed E-state index contributed by atoms with van der Waals surface area (Å²) >= 11 is 5.78. The van der Waals surface area contributed by atoms with E-state index < -0.39 is 6.10 Å². The molecule has 0 unspecified atom stereocenters. The van der Waals surface area contributed by atoms with Crippen molar-refractivity contribution in [3.8, 4) is 0 Å². The number of hydrogen-bond acceptors (Lipinski definition) is 2. The summed E-state index contributed by atoms with van der Waals surface area (Å²) in [6.45, 7) is 4.16. The zero-order valence-corrected chi connectivity index (χ0v) is 11.6. The van der Waals surface area contributed by atoms with Crippen LogP contribution in [0.4, 0.5) is 0 Å². The Bertz CT molecular complexity index is 376. The van der Waals surface area contributed by atoms with Gasteiger partial charge in [0, 0.05) is 18.0 Å². The molecule has 4 heteroatoms. The molecule has 0 radical (unpaired) electrons. The average molecular weight is 270 g/mol. The third-order valence-electron chi connectivity index (χ3n) is 2.83. The van der Waals surface area contributed by atoms with Gasteiger partial charge in [-0.2, -0.15) is 0 Å². The second kappa shape index (κ2) is 7.39. The van der Waals surface area contributed by atoms with Crippen LogP contribution in [-0.4, -0.2) is 23.7 Å². The predicted molar refractivity (Wildman–Crippen MR) is 73.6 cm³/mol. The van der Waals surface area contributed by atoms with Gasteiger partial charge in [-0.3, -0.25) is 4.79 Å². The summed E-state index contributed by atoms with van der Waals surface area (Å²) in [4.78, 5) is 11.6. The van der Waals surface area contributed by atoms with E-state index in [4.69, 9.17) is 11.6 Å². The first-order valence-electron chi connectivity index (χ1n) is 6.18. The van der Waals surface area contributed by atoms with Crippen molar-refractivity contribution in [2.24, 2.45) is 5.92 Å². The minimum atomic E-state index is -0.482. The van der Waals surface area contributed by atoms with Gasteiger partial charge in [0.15, 0.2) is 0 Å². The number of carbonyl (C=O) groups is 1. The van der Waals surface area contributed by atoms with Gasteiger partial charge < -0.3 is 10.4 Å². The molecule has 3 nitrogen and oxygen atoms in total. The minimum Gasteiger partial charge on any atom is -0.391 e. The van der Waals surface area contributed by atoms with E-state index in [1.807, 2.05) is 38.1 Å². The molecule has 0 aliphatic heterocycles. The average Bonchev–Trinajstić information content (AvgIpc) is 2.35. The molecule has 0 fully saturated rings. The molecule has 0 heterocycles. The van der Waals surface area contributed by atoms with Gasteiger partial charge in [0.05, 0.1) is 6.10 Å². The maximum atomic E-state index is 11.6. The normalized spacial score (nSPS) is 12.5. The van der Waals surface area contributed by atoms with Crippen LogP contribution < -0.4 is 5.32 Å². The molecule has 1 aromatic rings. The van der Waals surface area contributed by atoms with Crippen molar-refractivity contribution in [2.45, 2.75) is 32.8 Å². The number of nitrogens with one attached hydrogen (secondary N) is 1. The Morgan fingerprint density at radius 1 is 1.33 bits per heavy atom. The van der Waals surface area contributed by atoms with E-state index >= 15 is 0 Å². The van der Waals surface area contributed by atoms with Gasteiger partial charge in [-0.15, -0.1) is 0 Å². The lowest BCUT2D eigenvalue weighted by molar-refractivity contribution is -0.121. The van der Waals surface area contributed by atoms with Crippen LogP contribution in [0.25, 0.3) is 0 Å². The van der Waals surface area contributed by atoms with Crippen LogP contribution in [-0.2, 0) is 11.2 Å². The summed E-state index contributed by atoms with van der Waals surface area (Å²) in [5.74, 6) is 0.117. The second-order valence-corrected chi connectivity index (χ2v) is 5.18. The predicted octanol–water partition coefficient (Wildman–Crippen LogP) is 2.41. The van der Waals surface area contributed by atoms with E-state index in [0.717, 1.165) is 5.56 Å². The van der Waals surface area contributed by atoms with Crippen LogP contribution in [0.2, 0.25) is 5.02 Å².